The SMILES string of the molecule is CC(C)[C@H](CO[Si](c1ccccc1)(c1ccccc1)C(C)(C)C)N1C[C@]12CC(C#N)(C#N)C2(C#N)C#N. The minimum Gasteiger partial charge on any atom is -0.406 e. The molecule has 37 heavy (non-hydrogen) atoms. The molecule has 1 spiro atoms. The Balaban J connectivity index is 1.73. The van der Waals surface area contributed by atoms with Crippen LogP contribution in [0.3, 0.4) is 0 Å². The largest absolute Gasteiger partial charge is 0.406 e. The third kappa shape index (κ3) is 3.54. The summed E-state index contributed by atoms with van der Waals surface area (Å²) in [6.07, 6.45) is 0.205. The van der Waals surface area contributed by atoms with Crippen LogP contribution < -0.4 is 10.4 Å². The normalized spacial score (nSPS) is 24.1. The number of benzene rings is 2. The summed E-state index contributed by atoms with van der Waals surface area (Å²) >= 11 is 0. The van der Waals surface area contributed by atoms with Crippen LogP contribution in [0.5, 0.6) is 0 Å². The Morgan fingerprint density at radius 3 is 1.73 bits per heavy atom. The van der Waals surface area contributed by atoms with Gasteiger partial charge in [0.1, 0.15) is 0 Å². The van der Waals surface area contributed by atoms with Gasteiger partial charge in [-0.2, -0.15) is 21.0 Å². The number of hydrogen-bond acceptors (Lipinski definition) is 6. The topological polar surface area (TPSA) is 107 Å². The van der Waals surface area contributed by atoms with Gasteiger partial charge in [0, 0.05) is 19.0 Å². The highest BCUT2D eigenvalue weighted by molar-refractivity contribution is 6.99. The second kappa shape index (κ2) is 9.13. The summed E-state index contributed by atoms with van der Waals surface area (Å²) in [5.41, 5.74) is -4.06. The molecular formula is C30H33N5OSi. The first-order valence-corrected chi connectivity index (χ1v) is 14.6. The van der Waals surface area contributed by atoms with E-state index in [0.717, 1.165) is 0 Å². The zero-order valence-corrected chi connectivity index (χ0v) is 23.2. The van der Waals surface area contributed by atoms with Gasteiger partial charge in [-0.1, -0.05) is 95.3 Å². The van der Waals surface area contributed by atoms with Crippen molar-refractivity contribution in [1.82, 2.24) is 4.90 Å². The van der Waals surface area contributed by atoms with Crippen LogP contribution in [0.4, 0.5) is 0 Å². The van der Waals surface area contributed by atoms with Crippen LogP contribution >= 0.6 is 0 Å². The lowest BCUT2D eigenvalue weighted by Gasteiger charge is -2.51. The van der Waals surface area contributed by atoms with Crippen LogP contribution in [-0.4, -0.2) is 37.9 Å². The average Bonchev–Trinajstić information content (AvgIpc) is 3.62. The van der Waals surface area contributed by atoms with Gasteiger partial charge in [0.15, 0.2) is 10.8 Å². The quantitative estimate of drug-likeness (QED) is 0.412. The summed E-state index contributed by atoms with van der Waals surface area (Å²) < 4.78 is 7.19. The van der Waals surface area contributed by atoms with E-state index in [4.69, 9.17) is 4.43 Å². The molecule has 1 saturated carbocycles. The molecule has 0 bridgehead atoms. The van der Waals surface area contributed by atoms with E-state index < -0.39 is 24.7 Å². The van der Waals surface area contributed by atoms with Crippen LogP contribution in [0, 0.1) is 62.1 Å². The Bertz CT molecular complexity index is 1260. The molecule has 4 rings (SSSR count). The molecule has 3 atom stereocenters. The van der Waals surface area contributed by atoms with Crippen molar-refractivity contribution in [3.63, 3.8) is 0 Å². The van der Waals surface area contributed by atoms with Gasteiger partial charge in [-0.25, -0.2) is 0 Å². The van der Waals surface area contributed by atoms with E-state index >= 15 is 0 Å². The molecule has 0 N–H and O–H groups in total. The van der Waals surface area contributed by atoms with Gasteiger partial charge in [0.2, 0.25) is 0 Å². The van der Waals surface area contributed by atoms with E-state index in [1.54, 1.807) is 0 Å². The van der Waals surface area contributed by atoms with E-state index in [1.165, 1.54) is 10.4 Å². The zero-order valence-electron chi connectivity index (χ0n) is 22.2. The van der Waals surface area contributed by atoms with Crippen LogP contribution in [0.25, 0.3) is 0 Å². The molecule has 2 fully saturated rings. The first-order chi connectivity index (χ1) is 17.5. The predicted octanol–water partition coefficient (Wildman–Crippen LogP) is 4.11. The third-order valence-corrected chi connectivity index (χ3v) is 13.6. The fourth-order valence-electron chi connectivity index (χ4n) is 6.48. The molecule has 2 aromatic carbocycles. The number of hydrogen-bond donors (Lipinski definition) is 0. The van der Waals surface area contributed by atoms with Crippen LogP contribution in [0.1, 0.15) is 41.0 Å². The Morgan fingerprint density at radius 1 is 0.865 bits per heavy atom. The van der Waals surface area contributed by atoms with Crippen LogP contribution in [0.15, 0.2) is 60.7 Å². The van der Waals surface area contributed by atoms with E-state index in [9.17, 15) is 21.0 Å². The highest BCUT2D eigenvalue weighted by Crippen LogP contribution is 2.71. The van der Waals surface area contributed by atoms with E-state index in [1.807, 2.05) is 24.3 Å². The van der Waals surface area contributed by atoms with Crippen molar-refractivity contribution in [3.05, 3.63) is 60.7 Å². The molecule has 188 valence electrons. The lowest BCUT2D eigenvalue weighted by Crippen LogP contribution is -2.68. The van der Waals surface area contributed by atoms with Crippen molar-refractivity contribution in [1.29, 1.82) is 21.0 Å². The molecule has 0 radical (unpaired) electrons. The van der Waals surface area contributed by atoms with Crippen LogP contribution in [0.2, 0.25) is 5.04 Å². The Labute approximate surface area is 221 Å². The maximum absolute atomic E-state index is 10.1. The fourth-order valence-corrected chi connectivity index (χ4v) is 11.1. The molecule has 1 aliphatic heterocycles. The number of nitrogens with zero attached hydrogens (tertiary/aromatic N) is 5. The van der Waals surface area contributed by atoms with Crippen molar-refractivity contribution >= 4 is 18.7 Å². The van der Waals surface area contributed by atoms with Gasteiger partial charge in [-0.05, 0) is 21.3 Å². The van der Waals surface area contributed by atoms with Crippen molar-refractivity contribution < 1.29 is 4.43 Å². The summed E-state index contributed by atoms with van der Waals surface area (Å²) in [7, 11) is -2.77. The second-order valence-corrected chi connectivity index (χ2v) is 16.0. The van der Waals surface area contributed by atoms with Gasteiger partial charge in [0.05, 0.1) is 36.4 Å². The third-order valence-electron chi connectivity index (χ3n) is 8.55. The first kappa shape index (κ1) is 26.6. The first-order valence-electron chi connectivity index (χ1n) is 12.7. The van der Waals surface area contributed by atoms with Crippen molar-refractivity contribution in [3.8, 4) is 24.3 Å². The average molecular weight is 508 g/mol. The lowest BCUT2D eigenvalue weighted by atomic mass is 9.44. The van der Waals surface area contributed by atoms with Crippen molar-refractivity contribution in [2.24, 2.45) is 16.7 Å². The molecule has 1 unspecified atom stereocenters. The number of rotatable bonds is 7. The minimum absolute atomic E-state index is 0.0712. The number of nitriles is 4. The Kier molecular flexibility index (Phi) is 6.56. The van der Waals surface area contributed by atoms with Crippen molar-refractivity contribution in [2.45, 2.75) is 57.7 Å². The molecule has 1 heterocycles. The molecule has 6 nitrogen and oxygen atoms in total. The molecule has 0 aromatic heterocycles. The maximum Gasteiger partial charge on any atom is 0.261 e. The molecule has 1 aliphatic carbocycles. The van der Waals surface area contributed by atoms with E-state index in [0.29, 0.717) is 13.2 Å². The predicted molar refractivity (Wildman–Crippen MR) is 144 cm³/mol. The van der Waals surface area contributed by atoms with Gasteiger partial charge >= 0.3 is 0 Å². The Morgan fingerprint density at radius 2 is 1.35 bits per heavy atom. The van der Waals surface area contributed by atoms with Gasteiger partial charge < -0.3 is 4.43 Å². The van der Waals surface area contributed by atoms with Gasteiger partial charge in [-0.15, -0.1) is 0 Å². The minimum atomic E-state index is -2.77. The molecule has 0 amide bonds. The monoisotopic (exact) mass is 507 g/mol. The molecule has 1 saturated heterocycles. The van der Waals surface area contributed by atoms with Crippen LogP contribution in [-0.2, 0) is 4.43 Å². The highest BCUT2D eigenvalue weighted by Gasteiger charge is 2.86. The Hall–Kier alpha value is -3.46. The highest BCUT2D eigenvalue weighted by atomic mass is 28.4. The standard InChI is InChI=1S/C30H33N5OSi/c1-23(2)26(35-22-30(35)17-28(18-31,19-32)29(30,20-33)21-34)16-36-37(27(3,4)5,24-12-8-6-9-13-24)25-14-10-7-11-15-25/h6-15,23,26H,16-17,22H2,1-5H3/t26-,30-,35?/m0/s1. The summed E-state index contributed by atoms with van der Waals surface area (Å²) in [6, 6.07) is 29.0. The summed E-state index contributed by atoms with van der Waals surface area (Å²) in [5.74, 6) is 0.173. The van der Waals surface area contributed by atoms with E-state index in [2.05, 4.69) is 100 Å². The molecule has 2 aliphatic rings. The zero-order chi connectivity index (χ0) is 27.1. The van der Waals surface area contributed by atoms with Crippen molar-refractivity contribution in [2.75, 3.05) is 13.2 Å². The fraction of sp³-hybridized carbons (Fsp3) is 0.467. The van der Waals surface area contributed by atoms with Gasteiger partial charge in [0.25, 0.3) is 8.32 Å². The lowest BCUT2D eigenvalue weighted by molar-refractivity contribution is 0.00941. The smallest absolute Gasteiger partial charge is 0.261 e. The summed E-state index contributed by atoms with van der Waals surface area (Å²) in [5, 5.41) is 41.9. The molecule has 2 aromatic rings. The molecular weight excluding hydrogens is 474 g/mol. The molecule has 7 heteroatoms. The van der Waals surface area contributed by atoms with E-state index in [-0.39, 0.29) is 23.4 Å². The maximum atomic E-state index is 10.1. The second-order valence-electron chi connectivity index (χ2n) is 11.7. The summed E-state index contributed by atoms with van der Waals surface area (Å²) in [6.45, 7) is 11.9. The summed E-state index contributed by atoms with van der Waals surface area (Å²) in [4.78, 5) is 2.15. The van der Waals surface area contributed by atoms with Gasteiger partial charge in [-0.3, -0.25) is 4.90 Å².